The highest BCUT2D eigenvalue weighted by molar-refractivity contribution is 7.13. The van der Waals surface area contributed by atoms with Gasteiger partial charge >= 0.3 is 0 Å². The predicted molar refractivity (Wildman–Crippen MR) is 116 cm³/mol. The fourth-order valence-corrected chi connectivity index (χ4v) is 3.69. The Morgan fingerprint density at radius 1 is 1.17 bits per heavy atom. The molecule has 0 radical (unpaired) electrons. The third-order valence-corrected chi connectivity index (χ3v) is 5.32. The van der Waals surface area contributed by atoms with Gasteiger partial charge in [-0.05, 0) is 23.8 Å². The van der Waals surface area contributed by atoms with Crippen LogP contribution in [0.15, 0.2) is 71.8 Å². The Bertz CT molecular complexity index is 1000. The predicted octanol–water partition coefficient (Wildman–Crippen LogP) is 4.87. The van der Waals surface area contributed by atoms with E-state index in [1.165, 1.54) is 0 Å². The highest BCUT2D eigenvalue weighted by Gasteiger charge is 2.09. The van der Waals surface area contributed by atoms with Crippen LogP contribution in [0.3, 0.4) is 0 Å². The van der Waals surface area contributed by atoms with Gasteiger partial charge in [0.05, 0.1) is 19.4 Å². The minimum Gasteiger partial charge on any atom is -0.493 e. The van der Waals surface area contributed by atoms with Crippen LogP contribution in [0.1, 0.15) is 11.3 Å². The first-order valence-corrected chi connectivity index (χ1v) is 10.2. The second-order valence-corrected chi connectivity index (χ2v) is 7.29. The molecule has 1 aliphatic heterocycles. The van der Waals surface area contributed by atoms with Crippen molar-refractivity contribution in [3.8, 4) is 22.1 Å². The molecule has 1 saturated heterocycles. The van der Waals surface area contributed by atoms with E-state index in [4.69, 9.17) is 14.2 Å². The maximum absolute atomic E-state index is 5.96. The van der Waals surface area contributed by atoms with Gasteiger partial charge in [0.25, 0.3) is 0 Å². The molecule has 6 heteroatoms. The van der Waals surface area contributed by atoms with Gasteiger partial charge < -0.3 is 19.5 Å². The minimum atomic E-state index is 0.395. The highest BCUT2D eigenvalue weighted by atomic mass is 32.1. The van der Waals surface area contributed by atoms with Gasteiger partial charge in [0.2, 0.25) is 0 Å². The van der Waals surface area contributed by atoms with Gasteiger partial charge in [-0.3, -0.25) is 0 Å². The van der Waals surface area contributed by atoms with E-state index in [9.17, 15) is 0 Å². The number of rotatable bonds is 7. The number of thiazole rings is 1. The molecule has 1 aliphatic rings. The lowest BCUT2D eigenvalue weighted by molar-refractivity contribution is 0.197. The van der Waals surface area contributed by atoms with Gasteiger partial charge in [-0.15, -0.1) is 11.3 Å². The van der Waals surface area contributed by atoms with Crippen LogP contribution in [0.25, 0.3) is 16.6 Å². The van der Waals surface area contributed by atoms with Crippen molar-refractivity contribution in [3.05, 3.63) is 83.0 Å². The van der Waals surface area contributed by atoms with Crippen LogP contribution >= 0.6 is 11.3 Å². The molecule has 1 N–H and O–H groups in total. The molecular formula is C23H22N2O3S. The lowest BCUT2D eigenvalue weighted by Gasteiger charge is -2.10. The first-order chi connectivity index (χ1) is 14.3. The molecule has 0 atom stereocenters. The summed E-state index contributed by atoms with van der Waals surface area (Å²) < 4.78 is 16.7. The fourth-order valence-electron chi connectivity index (χ4n) is 2.88. The maximum atomic E-state index is 5.96. The molecule has 3 aromatic rings. The van der Waals surface area contributed by atoms with E-state index in [-0.39, 0.29) is 0 Å². The third-order valence-electron chi connectivity index (χ3n) is 4.38. The fraction of sp³-hybridized carbons (Fsp3) is 0.174. The molecule has 2 heterocycles. The van der Waals surface area contributed by atoms with E-state index in [1.807, 2.05) is 60.0 Å². The first kappa shape index (κ1) is 19.2. The van der Waals surface area contributed by atoms with Crippen molar-refractivity contribution in [1.29, 1.82) is 0 Å². The van der Waals surface area contributed by atoms with Gasteiger partial charge in [-0.25, -0.2) is 4.98 Å². The Hall–Kier alpha value is -3.09. The zero-order chi connectivity index (χ0) is 19.9. The number of aromatic nitrogens is 1. The molecule has 1 aromatic heterocycles. The first-order valence-electron chi connectivity index (χ1n) is 9.31. The Morgan fingerprint density at radius 2 is 2.07 bits per heavy atom. The number of ether oxygens (including phenoxy) is 3. The average Bonchev–Trinajstić information content (AvgIpc) is 3.45. The lowest BCUT2D eigenvalue weighted by Crippen LogP contribution is -2.03. The van der Waals surface area contributed by atoms with Crippen molar-refractivity contribution in [2.75, 3.05) is 20.4 Å². The van der Waals surface area contributed by atoms with Crippen LogP contribution < -0.4 is 14.8 Å². The number of allylic oxidation sites excluding steroid dienone is 2. The molecule has 0 aliphatic carbocycles. The molecule has 0 saturated carbocycles. The molecule has 1 fully saturated rings. The summed E-state index contributed by atoms with van der Waals surface area (Å²) in [6.07, 6.45) is 6.02. The SMILES string of the molecule is COc1cc(C=CC=C2COCN2)ccc1OCc1csc(-c2ccccc2)n1. The van der Waals surface area contributed by atoms with Crippen molar-refractivity contribution in [2.45, 2.75) is 6.61 Å². The average molecular weight is 407 g/mol. The van der Waals surface area contributed by atoms with Gasteiger partial charge in [0.15, 0.2) is 11.5 Å². The monoisotopic (exact) mass is 406 g/mol. The lowest BCUT2D eigenvalue weighted by atomic mass is 10.2. The van der Waals surface area contributed by atoms with E-state index in [0.717, 1.165) is 27.5 Å². The molecule has 29 heavy (non-hydrogen) atoms. The Labute approximate surface area is 174 Å². The van der Waals surface area contributed by atoms with Crippen LogP contribution in [0.2, 0.25) is 0 Å². The van der Waals surface area contributed by atoms with E-state index in [0.29, 0.717) is 31.4 Å². The normalized spacial score (nSPS) is 15.0. The molecule has 2 aromatic carbocycles. The number of hydrogen-bond acceptors (Lipinski definition) is 6. The van der Waals surface area contributed by atoms with Crippen LogP contribution in [0, 0.1) is 0 Å². The Kier molecular flexibility index (Phi) is 6.24. The van der Waals surface area contributed by atoms with Crippen LogP contribution in [-0.2, 0) is 11.3 Å². The molecule has 4 rings (SSSR count). The number of methoxy groups -OCH3 is 1. The Balaban J connectivity index is 1.40. The van der Waals surface area contributed by atoms with Crippen molar-refractivity contribution in [1.82, 2.24) is 10.3 Å². The highest BCUT2D eigenvalue weighted by Crippen LogP contribution is 2.30. The second-order valence-electron chi connectivity index (χ2n) is 6.43. The van der Waals surface area contributed by atoms with Crippen molar-refractivity contribution in [3.63, 3.8) is 0 Å². The standard InChI is InChI=1S/C23H22N2O3S/c1-26-22-12-17(6-5-9-19-13-27-16-24-19)10-11-21(22)28-14-20-15-29-23(25-20)18-7-3-2-4-8-18/h2-12,15,24H,13-14,16H2,1H3. The Morgan fingerprint density at radius 3 is 2.86 bits per heavy atom. The molecule has 148 valence electrons. The van der Waals surface area contributed by atoms with E-state index >= 15 is 0 Å². The van der Waals surface area contributed by atoms with Gasteiger partial charge in [-0.1, -0.05) is 48.6 Å². The molecule has 0 amide bonds. The number of hydrogen-bond donors (Lipinski definition) is 1. The summed E-state index contributed by atoms with van der Waals surface area (Å²) >= 11 is 1.62. The van der Waals surface area contributed by atoms with Crippen LogP contribution in [0.4, 0.5) is 0 Å². The zero-order valence-electron chi connectivity index (χ0n) is 16.1. The van der Waals surface area contributed by atoms with E-state index < -0.39 is 0 Å². The van der Waals surface area contributed by atoms with E-state index in [1.54, 1.807) is 18.4 Å². The zero-order valence-corrected chi connectivity index (χ0v) is 16.9. The summed E-state index contributed by atoms with van der Waals surface area (Å²) in [4.78, 5) is 4.67. The molecule has 0 spiro atoms. The van der Waals surface area contributed by atoms with Gasteiger partial charge in [0, 0.05) is 16.6 Å². The maximum Gasteiger partial charge on any atom is 0.161 e. The summed E-state index contributed by atoms with van der Waals surface area (Å²) in [6, 6.07) is 16.0. The number of benzene rings is 2. The van der Waals surface area contributed by atoms with Gasteiger partial charge in [0.1, 0.15) is 18.3 Å². The summed E-state index contributed by atoms with van der Waals surface area (Å²) in [5.41, 5.74) is 4.13. The topological polar surface area (TPSA) is 52.6 Å². The summed E-state index contributed by atoms with van der Waals surface area (Å²) in [5, 5.41) is 6.18. The third kappa shape index (κ3) is 5.04. The largest absolute Gasteiger partial charge is 0.493 e. The number of nitrogens with one attached hydrogen (secondary N) is 1. The smallest absolute Gasteiger partial charge is 0.161 e. The quantitative estimate of drug-likeness (QED) is 0.607. The molecule has 5 nitrogen and oxygen atoms in total. The molecule has 0 bridgehead atoms. The summed E-state index contributed by atoms with van der Waals surface area (Å²) in [5.74, 6) is 1.39. The van der Waals surface area contributed by atoms with Crippen molar-refractivity contribution in [2.24, 2.45) is 0 Å². The summed E-state index contributed by atoms with van der Waals surface area (Å²) in [6.45, 7) is 1.60. The minimum absolute atomic E-state index is 0.395. The van der Waals surface area contributed by atoms with E-state index in [2.05, 4.69) is 22.4 Å². The molecule has 0 unspecified atom stereocenters. The van der Waals surface area contributed by atoms with Crippen LogP contribution in [-0.4, -0.2) is 25.4 Å². The van der Waals surface area contributed by atoms with Crippen molar-refractivity contribution < 1.29 is 14.2 Å². The molecular weight excluding hydrogens is 384 g/mol. The number of nitrogens with zero attached hydrogens (tertiary/aromatic N) is 1. The second kappa shape index (κ2) is 9.41. The van der Waals surface area contributed by atoms with Crippen molar-refractivity contribution >= 4 is 17.4 Å². The summed E-state index contributed by atoms with van der Waals surface area (Å²) in [7, 11) is 1.65. The van der Waals surface area contributed by atoms with Crippen LogP contribution in [0.5, 0.6) is 11.5 Å². The van der Waals surface area contributed by atoms with Gasteiger partial charge in [-0.2, -0.15) is 0 Å².